The Hall–Kier alpha value is -0.540. The molecule has 2 N–H and O–H groups in total. The van der Waals surface area contributed by atoms with Gasteiger partial charge in [0.25, 0.3) is 0 Å². The minimum Gasteiger partial charge on any atom is -0.323 e. The largest absolute Gasteiger partial charge is 0.323 e. The fraction of sp³-hybridized carbons (Fsp3) is 0.571. The summed E-state index contributed by atoms with van der Waals surface area (Å²) in [6, 6.07) is 0.0417. The van der Waals surface area contributed by atoms with E-state index in [0.29, 0.717) is 5.28 Å². The molecule has 0 amide bonds. The van der Waals surface area contributed by atoms with Gasteiger partial charge in [0, 0.05) is 13.1 Å². The topological polar surface area (TPSA) is 43.8 Å². The van der Waals surface area contributed by atoms with Gasteiger partial charge in [-0.3, -0.25) is 0 Å². The molecule has 1 rings (SSSR count). The van der Waals surface area contributed by atoms with Crippen molar-refractivity contribution in [3.63, 3.8) is 0 Å². The summed E-state index contributed by atoms with van der Waals surface area (Å²) >= 11 is 5.73. The van der Waals surface area contributed by atoms with E-state index in [0.717, 1.165) is 12.1 Å². The minimum absolute atomic E-state index is 0.0417. The number of nitrogens with zero attached hydrogens (tertiary/aromatic N) is 2. The van der Waals surface area contributed by atoms with Gasteiger partial charge in [-0.25, -0.2) is 4.98 Å². The fourth-order valence-corrected chi connectivity index (χ4v) is 1.10. The molecule has 1 aromatic rings. The maximum Gasteiger partial charge on any atom is 0.202 e. The van der Waals surface area contributed by atoms with Crippen LogP contribution in [0.2, 0.25) is 5.28 Å². The van der Waals surface area contributed by atoms with Crippen LogP contribution >= 0.6 is 11.6 Å². The number of nitrogens with two attached hydrogens (primary N) is 1. The smallest absolute Gasteiger partial charge is 0.202 e. The minimum atomic E-state index is 0.0417. The van der Waals surface area contributed by atoms with Crippen LogP contribution in [0, 0.1) is 0 Å². The number of hydrogen-bond acceptors (Lipinski definition) is 2. The van der Waals surface area contributed by atoms with Gasteiger partial charge < -0.3 is 10.3 Å². The Balaban J connectivity index is 2.94. The summed E-state index contributed by atoms with van der Waals surface area (Å²) in [5.41, 5.74) is 6.77. The van der Waals surface area contributed by atoms with Crippen molar-refractivity contribution in [3.05, 3.63) is 17.2 Å². The van der Waals surface area contributed by atoms with E-state index in [1.54, 1.807) is 10.8 Å². The molecule has 0 aliphatic rings. The van der Waals surface area contributed by atoms with Crippen LogP contribution in [0.5, 0.6) is 0 Å². The van der Waals surface area contributed by atoms with Gasteiger partial charge in [-0.15, -0.1) is 0 Å². The van der Waals surface area contributed by atoms with Gasteiger partial charge in [0.15, 0.2) is 0 Å². The number of halogens is 1. The highest BCUT2D eigenvalue weighted by Gasteiger charge is 2.09. The van der Waals surface area contributed by atoms with Gasteiger partial charge in [-0.1, -0.05) is 6.92 Å². The van der Waals surface area contributed by atoms with E-state index in [2.05, 4.69) is 4.98 Å². The second-order valence-corrected chi connectivity index (χ2v) is 2.86. The Bertz CT molecular complexity index is 244. The van der Waals surface area contributed by atoms with Gasteiger partial charge in [-0.05, 0) is 18.0 Å². The third-order valence-corrected chi connectivity index (χ3v) is 2.14. The van der Waals surface area contributed by atoms with Gasteiger partial charge in [0.2, 0.25) is 5.28 Å². The van der Waals surface area contributed by atoms with Crippen LogP contribution < -0.4 is 5.73 Å². The molecule has 4 heteroatoms. The maximum atomic E-state index is 5.79. The van der Waals surface area contributed by atoms with E-state index in [1.165, 1.54) is 0 Å². The van der Waals surface area contributed by atoms with Crippen LogP contribution in [0.4, 0.5) is 0 Å². The number of hydrogen-bond donors (Lipinski definition) is 1. The van der Waals surface area contributed by atoms with E-state index < -0.39 is 0 Å². The number of rotatable bonds is 2. The molecule has 0 spiro atoms. The molecule has 0 saturated carbocycles. The van der Waals surface area contributed by atoms with E-state index in [9.17, 15) is 0 Å². The first kappa shape index (κ1) is 8.56. The van der Waals surface area contributed by atoms with Crippen molar-refractivity contribution in [1.29, 1.82) is 0 Å². The molecule has 3 nitrogen and oxygen atoms in total. The molecule has 0 aliphatic carbocycles. The van der Waals surface area contributed by atoms with Crippen LogP contribution in [0.25, 0.3) is 0 Å². The first-order chi connectivity index (χ1) is 5.16. The monoisotopic (exact) mass is 173 g/mol. The van der Waals surface area contributed by atoms with Crippen LogP contribution in [-0.2, 0) is 7.05 Å². The molecule has 1 atom stereocenters. The normalized spacial score (nSPS) is 13.5. The Morgan fingerprint density at radius 1 is 1.82 bits per heavy atom. The summed E-state index contributed by atoms with van der Waals surface area (Å²) in [4.78, 5) is 3.93. The molecule has 1 heterocycles. The summed E-state index contributed by atoms with van der Waals surface area (Å²) in [6.07, 6.45) is 2.62. The van der Waals surface area contributed by atoms with E-state index in [1.807, 2.05) is 14.0 Å². The van der Waals surface area contributed by atoms with E-state index >= 15 is 0 Å². The molecule has 0 fully saturated rings. The highest BCUT2D eigenvalue weighted by atomic mass is 35.5. The molecule has 11 heavy (non-hydrogen) atoms. The average molecular weight is 174 g/mol. The zero-order chi connectivity index (χ0) is 8.43. The molecule has 0 aliphatic heterocycles. The number of imidazole rings is 1. The predicted octanol–water partition coefficient (Wildman–Crippen LogP) is 1.48. The summed E-state index contributed by atoms with van der Waals surface area (Å²) in [5, 5.41) is 0.490. The lowest BCUT2D eigenvalue weighted by Gasteiger charge is -2.08. The zero-order valence-electron chi connectivity index (χ0n) is 6.71. The number of aromatic nitrogens is 2. The van der Waals surface area contributed by atoms with Crippen molar-refractivity contribution >= 4 is 11.6 Å². The Morgan fingerprint density at radius 3 is 2.82 bits per heavy atom. The van der Waals surface area contributed by atoms with Crippen molar-refractivity contribution in [3.8, 4) is 0 Å². The standard InChI is InChI=1S/C7H12ClN3/c1-3-5(9)6-4-10-7(8)11(6)2/h4-5H,3,9H2,1-2H3. The highest BCUT2D eigenvalue weighted by Crippen LogP contribution is 2.16. The first-order valence-corrected chi connectivity index (χ1v) is 3.97. The van der Waals surface area contributed by atoms with Crippen molar-refractivity contribution in [2.45, 2.75) is 19.4 Å². The van der Waals surface area contributed by atoms with Crippen molar-refractivity contribution in [2.24, 2.45) is 12.8 Å². The highest BCUT2D eigenvalue weighted by molar-refractivity contribution is 6.28. The summed E-state index contributed by atoms with van der Waals surface area (Å²) in [5.74, 6) is 0. The zero-order valence-corrected chi connectivity index (χ0v) is 7.47. The molecule has 0 bridgehead atoms. The third kappa shape index (κ3) is 1.54. The fourth-order valence-electron chi connectivity index (χ4n) is 0.953. The molecule has 62 valence electrons. The molecular weight excluding hydrogens is 162 g/mol. The molecular formula is C7H12ClN3. The van der Waals surface area contributed by atoms with Crippen molar-refractivity contribution < 1.29 is 0 Å². The molecule has 1 aromatic heterocycles. The van der Waals surface area contributed by atoms with Crippen LogP contribution in [0.3, 0.4) is 0 Å². The van der Waals surface area contributed by atoms with Crippen molar-refractivity contribution in [1.82, 2.24) is 9.55 Å². The van der Waals surface area contributed by atoms with Gasteiger partial charge in [0.05, 0.1) is 11.9 Å². The second-order valence-electron chi connectivity index (χ2n) is 2.53. The molecule has 1 unspecified atom stereocenters. The average Bonchev–Trinajstić information content (AvgIpc) is 2.32. The van der Waals surface area contributed by atoms with E-state index in [4.69, 9.17) is 17.3 Å². The maximum absolute atomic E-state index is 5.79. The van der Waals surface area contributed by atoms with Crippen LogP contribution in [0.15, 0.2) is 6.20 Å². The quantitative estimate of drug-likeness (QED) is 0.737. The molecule has 0 saturated heterocycles. The summed E-state index contributed by atoms with van der Waals surface area (Å²) < 4.78 is 1.80. The lowest BCUT2D eigenvalue weighted by atomic mass is 10.2. The summed E-state index contributed by atoms with van der Waals surface area (Å²) in [7, 11) is 1.86. The SMILES string of the molecule is CCC(N)c1cnc(Cl)n1C. The lowest BCUT2D eigenvalue weighted by molar-refractivity contribution is 0.640. The van der Waals surface area contributed by atoms with Gasteiger partial charge in [-0.2, -0.15) is 0 Å². The third-order valence-electron chi connectivity index (χ3n) is 1.79. The summed E-state index contributed by atoms with van der Waals surface area (Å²) in [6.45, 7) is 2.03. The van der Waals surface area contributed by atoms with Crippen LogP contribution in [-0.4, -0.2) is 9.55 Å². The second kappa shape index (κ2) is 3.24. The van der Waals surface area contributed by atoms with Crippen molar-refractivity contribution in [2.75, 3.05) is 0 Å². The predicted molar refractivity (Wildman–Crippen MR) is 45.4 cm³/mol. The first-order valence-electron chi connectivity index (χ1n) is 3.59. The Kier molecular flexibility index (Phi) is 2.52. The Morgan fingerprint density at radius 2 is 2.45 bits per heavy atom. The van der Waals surface area contributed by atoms with Gasteiger partial charge in [0.1, 0.15) is 0 Å². The molecule has 0 radical (unpaired) electrons. The Labute approximate surface area is 71.2 Å². The lowest BCUT2D eigenvalue weighted by Crippen LogP contribution is -2.12. The van der Waals surface area contributed by atoms with E-state index in [-0.39, 0.29) is 6.04 Å². The molecule has 0 aromatic carbocycles. The van der Waals surface area contributed by atoms with Crippen LogP contribution in [0.1, 0.15) is 25.1 Å². The van der Waals surface area contributed by atoms with Gasteiger partial charge >= 0.3 is 0 Å².